The smallest absolute Gasteiger partial charge is 0.156 e. The third-order valence-electron chi connectivity index (χ3n) is 15.1. The van der Waals surface area contributed by atoms with Crippen LogP contribution in [0, 0.1) is 0 Å². The van der Waals surface area contributed by atoms with Crippen LogP contribution < -0.4 is 0 Å². The van der Waals surface area contributed by atoms with E-state index < -0.39 is 0 Å². The minimum Gasteiger partial charge on any atom is -0.309 e. The van der Waals surface area contributed by atoms with E-state index in [1.807, 2.05) is 22.7 Å². The first-order valence-corrected chi connectivity index (χ1v) is 26.5. The number of allylic oxidation sites excluding steroid dienone is 1. The molecule has 73 heavy (non-hydrogen) atoms. The largest absolute Gasteiger partial charge is 0.309 e. The summed E-state index contributed by atoms with van der Waals surface area (Å²) in [6.07, 6.45) is 4.48. The number of amidine groups is 1. The first-order valence-electron chi connectivity index (χ1n) is 24.8. The molecule has 0 saturated carbocycles. The van der Waals surface area contributed by atoms with Crippen molar-refractivity contribution in [3.8, 4) is 11.4 Å². The van der Waals surface area contributed by atoms with Crippen LogP contribution >= 0.6 is 22.7 Å². The molecular weight excluding hydrogens is 925 g/mol. The molecule has 0 unspecified atom stereocenters. The van der Waals surface area contributed by atoms with Crippen molar-refractivity contribution in [1.29, 1.82) is 0 Å². The summed E-state index contributed by atoms with van der Waals surface area (Å²) >= 11 is 3.71. The molecule has 1 aliphatic rings. The van der Waals surface area contributed by atoms with Crippen molar-refractivity contribution in [2.24, 2.45) is 9.98 Å². The molecule has 0 bridgehead atoms. The van der Waals surface area contributed by atoms with Crippen LogP contribution in [0.3, 0.4) is 0 Å². The summed E-state index contributed by atoms with van der Waals surface area (Å²) in [6, 6.07) is 82.1. The Balaban J connectivity index is 0.964. The minimum atomic E-state index is -0.293. The topological polar surface area (TPSA) is 34.6 Å². The highest BCUT2D eigenvalue weighted by atomic mass is 32.1. The van der Waals surface area contributed by atoms with Crippen molar-refractivity contribution < 1.29 is 0 Å². The zero-order chi connectivity index (χ0) is 47.7. The van der Waals surface area contributed by atoms with E-state index in [0.717, 1.165) is 39.3 Å². The Kier molecular flexibility index (Phi) is 8.81. The number of rotatable bonds is 5. The second-order valence-corrected chi connectivity index (χ2v) is 21.4. The third-order valence-corrected chi connectivity index (χ3v) is 17.5. The van der Waals surface area contributed by atoms with E-state index in [-0.39, 0.29) is 6.04 Å². The van der Waals surface area contributed by atoms with Gasteiger partial charge in [-0.3, -0.25) is 4.99 Å². The van der Waals surface area contributed by atoms with Gasteiger partial charge in [0.15, 0.2) is 5.84 Å². The second-order valence-electron chi connectivity index (χ2n) is 19.3. The van der Waals surface area contributed by atoms with Crippen LogP contribution in [0.5, 0.6) is 0 Å². The van der Waals surface area contributed by atoms with E-state index in [2.05, 4.69) is 246 Å². The molecule has 6 heteroatoms. The van der Waals surface area contributed by atoms with Gasteiger partial charge in [-0.15, -0.1) is 22.7 Å². The monoisotopic (exact) mass is 964 g/mol. The Morgan fingerprint density at radius 2 is 0.959 bits per heavy atom. The first-order chi connectivity index (χ1) is 36.1. The molecule has 340 valence electrons. The first kappa shape index (κ1) is 40.8. The molecule has 5 heterocycles. The van der Waals surface area contributed by atoms with E-state index >= 15 is 0 Å². The van der Waals surface area contributed by atoms with Crippen LogP contribution in [-0.2, 0) is 0 Å². The molecule has 0 amide bonds. The van der Waals surface area contributed by atoms with Gasteiger partial charge in [0.2, 0.25) is 0 Å². The van der Waals surface area contributed by atoms with Gasteiger partial charge >= 0.3 is 0 Å². The van der Waals surface area contributed by atoms with Crippen LogP contribution in [0.4, 0.5) is 0 Å². The van der Waals surface area contributed by atoms with Crippen molar-refractivity contribution in [2.75, 3.05) is 0 Å². The van der Waals surface area contributed by atoms with E-state index in [1.54, 1.807) is 0 Å². The molecular formula is C67H40N4S2. The van der Waals surface area contributed by atoms with Crippen LogP contribution in [0.15, 0.2) is 247 Å². The highest BCUT2D eigenvalue weighted by molar-refractivity contribution is 7.26. The number of aromatic nitrogens is 2. The maximum atomic E-state index is 5.72. The van der Waals surface area contributed by atoms with Crippen LogP contribution in [0.1, 0.15) is 22.7 Å². The molecule has 4 aromatic heterocycles. The highest BCUT2D eigenvalue weighted by Crippen LogP contribution is 2.44. The van der Waals surface area contributed by atoms with E-state index in [9.17, 15) is 0 Å². The Labute approximate surface area is 427 Å². The minimum absolute atomic E-state index is 0.293. The Morgan fingerprint density at radius 3 is 1.70 bits per heavy atom. The van der Waals surface area contributed by atoms with Gasteiger partial charge in [-0.25, -0.2) is 4.99 Å². The molecule has 0 N–H and O–H groups in total. The maximum absolute atomic E-state index is 5.72. The number of hydrogen-bond donors (Lipinski definition) is 0. The van der Waals surface area contributed by atoms with Crippen molar-refractivity contribution >= 4 is 140 Å². The Hall–Kier alpha value is -8.94. The number of thiophene rings is 2. The highest BCUT2D eigenvalue weighted by Gasteiger charge is 2.23. The number of para-hydroxylation sites is 2. The van der Waals surface area contributed by atoms with Gasteiger partial charge in [0.1, 0.15) is 0 Å². The van der Waals surface area contributed by atoms with Crippen molar-refractivity contribution in [2.45, 2.75) is 6.04 Å². The molecule has 1 atom stereocenters. The standard InChI is InChI=1S/C67H40N4S2/c1-2-18-47(19-3-1)70-58-23-11-8-20-48(58)49-28-26-45(38-59(49)70)67-68-56(44-27-31-65-54(34-44)50-21-9-12-24-63(50)72-65)29-30-57(69-67)46-35-55-51-22-10-13-25-64(51)73-66(55)62(39-46)71-60-36-42-16-6-4-14-40(42)32-52(60)53-33-41-15-5-7-17-43(41)37-61(53)71/h1-39,56H/t56-/m0/s1. The summed E-state index contributed by atoms with van der Waals surface area (Å²) in [6.45, 7) is 0. The van der Waals surface area contributed by atoms with Gasteiger partial charge < -0.3 is 9.13 Å². The molecule has 11 aromatic carbocycles. The van der Waals surface area contributed by atoms with Crippen LogP contribution in [0.25, 0.3) is 117 Å². The molecule has 1 aliphatic heterocycles. The van der Waals surface area contributed by atoms with Crippen molar-refractivity contribution in [3.05, 3.63) is 253 Å². The van der Waals surface area contributed by atoms with Gasteiger partial charge in [-0.2, -0.15) is 0 Å². The summed E-state index contributed by atoms with van der Waals surface area (Å²) in [5, 5.41) is 14.8. The van der Waals surface area contributed by atoms with E-state index in [4.69, 9.17) is 9.98 Å². The molecule has 0 radical (unpaired) electrons. The van der Waals surface area contributed by atoms with Crippen molar-refractivity contribution in [3.63, 3.8) is 0 Å². The number of benzene rings is 11. The predicted octanol–water partition coefficient (Wildman–Crippen LogP) is 18.5. The lowest BCUT2D eigenvalue weighted by molar-refractivity contribution is 0.916. The van der Waals surface area contributed by atoms with E-state index in [0.29, 0.717) is 5.84 Å². The number of nitrogens with zero attached hydrogens (tertiary/aromatic N) is 4. The number of fused-ring (bicyclic) bond motifs is 14. The lowest BCUT2D eigenvalue weighted by Gasteiger charge is -2.13. The summed E-state index contributed by atoms with van der Waals surface area (Å²) in [7, 11) is 0. The summed E-state index contributed by atoms with van der Waals surface area (Å²) in [5.41, 5.74) is 10.9. The zero-order valence-electron chi connectivity index (χ0n) is 39.2. The zero-order valence-corrected chi connectivity index (χ0v) is 40.8. The predicted molar refractivity (Wildman–Crippen MR) is 314 cm³/mol. The second kappa shape index (κ2) is 15.8. The molecule has 16 rings (SSSR count). The molecule has 0 fully saturated rings. The quantitative estimate of drug-likeness (QED) is 0.165. The fourth-order valence-corrected chi connectivity index (χ4v) is 14.0. The third kappa shape index (κ3) is 6.31. The SMILES string of the molecule is C1=C[C@@H](c2ccc3sc4ccccc4c3c2)N=C(c2ccc3c4ccccc4n(-c4ccccc4)c3c2)N=C1c1cc(-n2c3cc4ccccc4cc3c3cc4ccccc4cc32)c2sc3ccccc3c2c1. The molecule has 15 aromatic rings. The van der Waals surface area contributed by atoms with Gasteiger partial charge in [0.25, 0.3) is 0 Å². The van der Waals surface area contributed by atoms with Gasteiger partial charge in [-0.05, 0) is 118 Å². The van der Waals surface area contributed by atoms with Gasteiger partial charge in [0, 0.05) is 74.0 Å². The molecule has 0 spiro atoms. The van der Waals surface area contributed by atoms with E-state index in [1.165, 1.54) is 100.0 Å². The van der Waals surface area contributed by atoms with Gasteiger partial charge in [0.05, 0.1) is 44.2 Å². The number of aliphatic imine (C=N–C) groups is 2. The lowest BCUT2D eigenvalue weighted by Crippen LogP contribution is -2.06. The molecule has 0 saturated heterocycles. The fourth-order valence-electron chi connectivity index (χ4n) is 11.7. The Morgan fingerprint density at radius 1 is 0.370 bits per heavy atom. The van der Waals surface area contributed by atoms with Crippen LogP contribution in [-0.4, -0.2) is 20.7 Å². The Bertz CT molecular complexity index is 4830. The number of hydrogen-bond acceptors (Lipinski definition) is 4. The molecule has 0 aliphatic carbocycles. The average Bonchev–Trinajstić information content (AvgIpc) is 4.14. The maximum Gasteiger partial charge on any atom is 0.156 e. The fraction of sp³-hybridized carbons (Fsp3) is 0.0149. The summed E-state index contributed by atoms with van der Waals surface area (Å²) in [5.74, 6) is 0.693. The van der Waals surface area contributed by atoms with Crippen molar-refractivity contribution in [1.82, 2.24) is 9.13 Å². The summed E-state index contributed by atoms with van der Waals surface area (Å²) < 4.78 is 9.97. The normalized spacial score (nSPS) is 14.3. The molecule has 4 nitrogen and oxygen atoms in total. The lowest BCUT2D eigenvalue weighted by atomic mass is 10.0. The average molecular weight is 965 g/mol. The summed E-state index contributed by atoms with van der Waals surface area (Å²) in [4.78, 5) is 11.4. The van der Waals surface area contributed by atoms with Gasteiger partial charge in [-0.1, -0.05) is 146 Å². The van der Waals surface area contributed by atoms with Crippen LogP contribution in [0.2, 0.25) is 0 Å².